The number of anilines is 1. The monoisotopic (exact) mass is 472 g/mol. The lowest BCUT2D eigenvalue weighted by Gasteiger charge is -2.10. The standard InChI is InChI=1S/C23H25BrN2O4/c1-4-29-20-12-17-10-15(3)30-21(17)11-16(20)5-8-22(27)25-13-23(28)26-19-7-6-18(24)9-14(19)2/h5-9,11-12,15H,4,10,13H2,1-3H3,(H,25,27)(H,26,28)/b8-5-/t15-/m0/s1. The molecule has 1 aliphatic rings. The van der Waals surface area contributed by atoms with Crippen molar-refractivity contribution in [3.63, 3.8) is 0 Å². The van der Waals surface area contributed by atoms with Crippen LogP contribution in [-0.4, -0.2) is 31.1 Å². The maximum Gasteiger partial charge on any atom is 0.244 e. The lowest BCUT2D eigenvalue weighted by atomic mass is 10.1. The lowest BCUT2D eigenvalue weighted by Crippen LogP contribution is -2.31. The van der Waals surface area contributed by atoms with Crippen LogP contribution in [0.15, 0.2) is 40.9 Å². The fourth-order valence-corrected chi connectivity index (χ4v) is 3.69. The normalized spacial score (nSPS) is 14.9. The fourth-order valence-electron chi connectivity index (χ4n) is 3.22. The van der Waals surface area contributed by atoms with Gasteiger partial charge in [0.15, 0.2) is 0 Å². The molecule has 1 aliphatic heterocycles. The minimum absolute atomic E-state index is 0.123. The van der Waals surface area contributed by atoms with Crippen LogP contribution in [0.1, 0.15) is 30.5 Å². The zero-order valence-electron chi connectivity index (χ0n) is 17.3. The number of rotatable bonds is 7. The van der Waals surface area contributed by atoms with E-state index in [1.807, 2.05) is 51.1 Å². The summed E-state index contributed by atoms with van der Waals surface area (Å²) in [6, 6.07) is 9.42. The highest BCUT2D eigenvalue weighted by molar-refractivity contribution is 9.10. The van der Waals surface area contributed by atoms with Gasteiger partial charge in [-0.25, -0.2) is 0 Å². The summed E-state index contributed by atoms with van der Waals surface area (Å²) in [6.07, 6.45) is 4.03. The van der Waals surface area contributed by atoms with E-state index in [-0.39, 0.29) is 24.5 Å². The Morgan fingerprint density at radius 3 is 2.83 bits per heavy atom. The number of fused-ring (bicyclic) bond motifs is 1. The maximum absolute atomic E-state index is 12.2. The van der Waals surface area contributed by atoms with E-state index >= 15 is 0 Å². The molecule has 0 fully saturated rings. The fraction of sp³-hybridized carbons (Fsp3) is 0.304. The topological polar surface area (TPSA) is 76.7 Å². The Balaban J connectivity index is 1.59. The van der Waals surface area contributed by atoms with E-state index in [1.165, 1.54) is 6.08 Å². The highest BCUT2D eigenvalue weighted by atomic mass is 79.9. The summed E-state index contributed by atoms with van der Waals surface area (Å²) in [5.41, 5.74) is 3.50. The Kier molecular flexibility index (Phi) is 7.15. The average Bonchev–Trinajstić information content (AvgIpc) is 3.05. The Hall–Kier alpha value is -2.80. The Morgan fingerprint density at radius 1 is 1.30 bits per heavy atom. The third-order valence-corrected chi connectivity index (χ3v) is 5.12. The average molecular weight is 473 g/mol. The lowest BCUT2D eigenvalue weighted by molar-refractivity contribution is -0.121. The second-order valence-electron chi connectivity index (χ2n) is 7.12. The smallest absolute Gasteiger partial charge is 0.244 e. The first-order valence-electron chi connectivity index (χ1n) is 9.84. The molecular formula is C23H25BrN2O4. The Bertz CT molecular complexity index is 987. The summed E-state index contributed by atoms with van der Waals surface area (Å²) < 4.78 is 12.4. The summed E-state index contributed by atoms with van der Waals surface area (Å²) in [5.74, 6) is 0.865. The number of hydrogen-bond acceptors (Lipinski definition) is 4. The van der Waals surface area contributed by atoms with E-state index < -0.39 is 0 Å². The molecule has 1 heterocycles. The number of halogens is 1. The highest BCUT2D eigenvalue weighted by Crippen LogP contribution is 2.35. The van der Waals surface area contributed by atoms with Crippen LogP contribution in [0.4, 0.5) is 5.69 Å². The highest BCUT2D eigenvalue weighted by Gasteiger charge is 2.21. The molecule has 2 aromatic rings. The Morgan fingerprint density at radius 2 is 2.10 bits per heavy atom. The predicted molar refractivity (Wildman–Crippen MR) is 121 cm³/mol. The van der Waals surface area contributed by atoms with E-state index in [0.29, 0.717) is 18.0 Å². The molecule has 2 amide bonds. The van der Waals surface area contributed by atoms with Crippen molar-refractivity contribution >= 4 is 39.5 Å². The first kappa shape index (κ1) is 21.9. The zero-order chi connectivity index (χ0) is 21.7. The number of ether oxygens (including phenoxy) is 2. The number of benzene rings is 2. The first-order chi connectivity index (χ1) is 14.4. The van der Waals surface area contributed by atoms with Crippen LogP contribution in [0.25, 0.3) is 6.08 Å². The largest absolute Gasteiger partial charge is 0.493 e. The summed E-state index contributed by atoms with van der Waals surface area (Å²) in [7, 11) is 0. The molecule has 158 valence electrons. The van der Waals surface area contributed by atoms with Crippen LogP contribution < -0.4 is 20.1 Å². The van der Waals surface area contributed by atoms with Crippen LogP contribution in [0.3, 0.4) is 0 Å². The molecule has 6 nitrogen and oxygen atoms in total. The van der Waals surface area contributed by atoms with Gasteiger partial charge in [0, 0.05) is 33.8 Å². The number of carbonyl (C=O) groups excluding carboxylic acids is 2. The quantitative estimate of drug-likeness (QED) is 0.590. The van der Waals surface area contributed by atoms with Crippen LogP contribution in [0.2, 0.25) is 0 Å². The predicted octanol–water partition coefficient (Wildman–Crippen LogP) is 4.25. The zero-order valence-corrected chi connectivity index (χ0v) is 18.8. The van der Waals surface area contributed by atoms with Crippen molar-refractivity contribution in [3.05, 3.63) is 57.6 Å². The van der Waals surface area contributed by atoms with Gasteiger partial charge in [-0.15, -0.1) is 0 Å². The molecule has 2 aromatic carbocycles. The van der Waals surface area contributed by atoms with E-state index in [2.05, 4.69) is 26.6 Å². The van der Waals surface area contributed by atoms with Crippen LogP contribution in [0.5, 0.6) is 11.5 Å². The van der Waals surface area contributed by atoms with Gasteiger partial charge in [-0.3, -0.25) is 9.59 Å². The van der Waals surface area contributed by atoms with Gasteiger partial charge in [0.25, 0.3) is 0 Å². The molecule has 0 saturated carbocycles. The van der Waals surface area contributed by atoms with Gasteiger partial charge in [-0.2, -0.15) is 0 Å². The molecule has 0 saturated heterocycles. The molecule has 0 aliphatic carbocycles. The summed E-state index contributed by atoms with van der Waals surface area (Å²) >= 11 is 3.39. The third kappa shape index (κ3) is 5.63. The van der Waals surface area contributed by atoms with Gasteiger partial charge in [0.2, 0.25) is 11.8 Å². The van der Waals surface area contributed by atoms with E-state index in [9.17, 15) is 9.59 Å². The van der Waals surface area contributed by atoms with Crippen molar-refractivity contribution in [1.82, 2.24) is 5.32 Å². The molecule has 7 heteroatoms. The molecule has 1 atom stereocenters. The van der Waals surface area contributed by atoms with Crippen molar-refractivity contribution in [3.8, 4) is 11.5 Å². The number of amides is 2. The SMILES string of the molecule is CCOc1cc2c(cc1/C=C\C(=O)NCC(=O)Nc1ccc(Br)cc1C)O[C@@H](C)C2. The summed E-state index contributed by atoms with van der Waals surface area (Å²) in [6.45, 7) is 6.24. The van der Waals surface area contributed by atoms with Gasteiger partial charge in [-0.05, 0) is 62.7 Å². The van der Waals surface area contributed by atoms with Crippen molar-refractivity contribution in [2.45, 2.75) is 33.3 Å². The van der Waals surface area contributed by atoms with Gasteiger partial charge >= 0.3 is 0 Å². The minimum atomic E-state index is -0.366. The first-order valence-corrected chi connectivity index (χ1v) is 10.6. The molecule has 0 bridgehead atoms. The molecule has 0 unspecified atom stereocenters. The van der Waals surface area contributed by atoms with E-state index in [1.54, 1.807) is 6.08 Å². The summed E-state index contributed by atoms with van der Waals surface area (Å²) in [4.78, 5) is 24.3. The second kappa shape index (κ2) is 9.80. The Labute approximate surface area is 184 Å². The van der Waals surface area contributed by atoms with Gasteiger partial charge in [-0.1, -0.05) is 15.9 Å². The number of carbonyl (C=O) groups is 2. The van der Waals surface area contributed by atoms with Gasteiger partial charge in [0.1, 0.15) is 17.6 Å². The van der Waals surface area contributed by atoms with Crippen molar-refractivity contribution in [2.75, 3.05) is 18.5 Å². The van der Waals surface area contributed by atoms with Gasteiger partial charge < -0.3 is 20.1 Å². The molecule has 0 radical (unpaired) electrons. The van der Waals surface area contributed by atoms with E-state index in [0.717, 1.165) is 33.3 Å². The van der Waals surface area contributed by atoms with Crippen molar-refractivity contribution in [2.24, 2.45) is 0 Å². The van der Waals surface area contributed by atoms with Crippen LogP contribution in [-0.2, 0) is 16.0 Å². The summed E-state index contributed by atoms with van der Waals surface area (Å²) in [5, 5.41) is 5.39. The number of hydrogen-bond donors (Lipinski definition) is 2. The van der Waals surface area contributed by atoms with Gasteiger partial charge in [0.05, 0.1) is 13.2 Å². The molecule has 2 N–H and O–H groups in total. The second-order valence-corrected chi connectivity index (χ2v) is 8.04. The minimum Gasteiger partial charge on any atom is -0.493 e. The third-order valence-electron chi connectivity index (χ3n) is 4.63. The number of nitrogens with one attached hydrogen (secondary N) is 2. The molecular weight excluding hydrogens is 448 g/mol. The van der Waals surface area contributed by atoms with Crippen LogP contribution >= 0.6 is 15.9 Å². The van der Waals surface area contributed by atoms with E-state index in [4.69, 9.17) is 9.47 Å². The molecule has 0 aromatic heterocycles. The van der Waals surface area contributed by atoms with Crippen LogP contribution in [0, 0.1) is 6.92 Å². The molecule has 3 rings (SSSR count). The van der Waals surface area contributed by atoms with Crippen molar-refractivity contribution in [1.29, 1.82) is 0 Å². The number of aryl methyl sites for hydroxylation is 1. The molecule has 30 heavy (non-hydrogen) atoms. The molecule has 0 spiro atoms. The van der Waals surface area contributed by atoms with Crippen molar-refractivity contribution < 1.29 is 19.1 Å². The maximum atomic E-state index is 12.2.